The third kappa shape index (κ3) is 3.55. The predicted molar refractivity (Wildman–Crippen MR) is 90.5 cm³/mol. The summed E-state index contributed by atoms with van der Waals surface area (Å²) in [5.74, 6) is 0.0370. The van der Waals surface area contributed by atoms with Crippen molar-refractivity contribution < 1.29 is 9.59 Å². The number of hydrogen-bond acceptors (Lipinski definition) is 3. The molecule has 5 nitrogen and oxygen atoms in total. The summed E-state index contributed by atoms with van der Waals surface area (Å²) in [4.78, 5) is 27.2. The third-order valence-electron chi connectivity index (χ3n) is 4.81. The summed E-state index contributed by atoms with van der Waals surface area (Å²) < 4.78 is 0. The van der Waals surface area contributed by atoms with Gasteiger partial charge in [0.05, 0.1) is 17.2 Å². The number of benzene rings is 1. The fourth-order valence-electron chi connectivity index (χ4n) is 3.44. The van der Waals surface area contributed by atoms with Crippen molar-refractivity contribution in [3.8, 4) is 0 Å². The Morgan fingerprint density at radius 2 is 2.00 bits per heavy atom. The highest BCUT2D eigenvalue weighted by Gasteiger charge is 2.26. The first-order valence-electron chi connectivity index (χ1n) is 8.57. The van der Waals surface area contributed by atoms with Gasteiger partial charge in [0.2, 0.25) is 5.91 Å². The van der Waals surface area contributed by atoms with Gasteiger partial charge in [0.15, 0.2) is 0 Å². The summed E-state index contributed by atoms with van der Waals surface area (Å²) in [6.07, 6.45) is 4.05. The van der Waals surface area contributed by atoms with Crippen LogP contribution < -0.4 is 10.6 Å². The van der Waals surface area contributed by atoms with Crippen LogP contribution in [0.2, 0.25) is 0 Å². The highest BCUT2D eigenvalue weighted by Crippen LogP contribution is 2.24. The Bertz CT molecular complexity index is 588. The molecule has 2 aliphatic heterocycles. The quantitative estimate of drug-likeness (QED) is 0.898. The minimum Gasteiger partial charge on any atom is -0.339 e. The van der Waals surface area contributed by atoms with E-state index in [2.05, 4.69) is 10.6 Å². The second kappa shape index (κ2) is 7.13. The molecule has 0 aliphatic carbocycles. The number of rotatable bonds is 3. The highest BCUT2D eigenvalue weighted by atomic mass is 16.2. The molecule has 2 fully saturated rings. The van der Waals surface area contributed by atoms with Gasteiger partial charge in [-0.25, -0.2) is 0 Å². The fourth-order valence-corrected chi connectivity index (χ4v) is 3.44. The van der Waals surface area contributed by atoms with Crippen molar-refractivity contribution >= 4 is 17.5 Å². The van der Waals surface area contributed by atoms with Gasteiger partial charge in [0.1, 0.15) is 0 Å². The maximum Gasteiger partial charge on any atom is 0.256 e. The molecule has 0 bridgehead atoms. The summed E-state index contributed by atoms with van der Waals surface area (Å²) in [7, 11) is 0. The summed E-state index contributed by atoms with van der Waals surface area (Å²) in [5.41, 5.74) is 2.21. The molecule has 5 heteroatoms. The van der Waals surface area contributed by atoms with Crippen LogP contribution in [0.1, 0.15) is 41.6 Å². The molecule has 124 valence electrons. The first-order chi connectivity index (χ1) is 11.2. The average molecular weight is 315 g/mol. The Labute approximate surface area is 137 Å². The molecule has 2 heterocycles. The molecule has 1 aromatic carbocycles. The molecule has 0 spiro atoms. The van der Waals surface area contributed by atoms with Gasteiger partial charge >= 0.3 is 0 Å². The zero-order valence-electron chi connectivity index (χ0n) is 13.7. The zero-order valence-corrected chi connectivity index (χ0v) is 13.7. The van der Waals surface area contributed by atoms with Crippen LogP contribution in [0, 0.1) is 12.8 Å². The maximum atomic E-state index is 12.8. The van der Waals surface area contributed by atoms with Crippen molar-refractivity contribution in [2.75, 3.05) is 31.5 Å². The summed E-state index contributed by atoms with van der Waals surface area (Å²) in [6.45, 7) is 5.25. The minimum atomic E-state index is -0.0148. The standard InChI is InChI=1S/C18H25N3O2/c1-13-6-4-8-15(16(13)18(23)21-10-2-3-11-21)20-17(22)14-7-5-9-19-12-14/h4,6,8,14,19H,2-3,5,7,9-12H2,1H3,(H,20,22). The monoisotopic (exact) mass is 315 g/mol. The lowest BCUT2D eigenvalue weighted by molar-refractivity contribution is -0.120. The van der Waals surface area contributed by atoms with Crippen molar-refractivity contribution in [3.05, 3.63) is 29.3 Å². The summed E-state index contributed by atoms with van der Waals surface area (Å²) in [5, 5.41) is 6.26. The number of anilines is 1. The van der Waals surface area contributed by atoms with Crippen molar-refractivity contribution in [3.63, 3.8) is 0 Å². The molecule has 0 aromatic heterocycles. The van der Waals surface area contributed by atoms with E-state index in [-0.39, 0.29) is 17.7 Å². The molecule has 2 aliphatic rings. The Hall–Kier alpha value is -1.88. The number of piperidine rings is 1. The van der Waals surface area contributed by atoms with E-state index < -0.39 is 0 Å². The molecular weight excluding hydrogens is 290 g/mol. The van der Waals surface area contributed by atoms with Gasteiger partial charge in [-0.3, -0.25) is 9.59 Å². The normalized spacial score (nSPS) is 21.3. The molecule has 3 rings (SSSR count). The second-order valence-corrected chi connectivity index (χ2v) is 6.53. The number of carbonyl (C=O) groups excluding carboxylic acids is 2. The number of hydrogen-bond donors (Lipinski definition) is 2. The van der Waals surface area contributed by atoms with Gasteiger partial charge in [-0.05, 0) is 50.8 Å². The number of nitrogens with one attached hydrogen (secondary N) is 2. The largest absolute Gasteiger partial charge is 0.339 e. The van der Waals surface area contributed by atoms with E-state index in [4.69, 9.17) is 0 Å². The highest BCUT2D eigenvalue weighted by molar-refractivity contribution is 6.05. The number of likely N-dealkylation sites (tertiary alicyclic amines) is 1. The number of carbonyl (C=O) groups is 2. The average Bonchev–Trinajstić information content (AvgIpc) is 3.10. The van der Waals surface area contributed by atoms with E-state index in [0.717, 1.165) is 50.9 Å². The Morgan fingerprint density at radius 1 is 1.22 bits per heavy atom. The molecule has 2 saturated heterocycles. The maximum absolute atomic E-state index is 12.8. The molecule has 1 aromatic rings. The van der Waals surface area contributed by atoms with E-state index in [1.165, 1.54) is 0 Å². The van der Waals surface area contributed by atoms with Crippen LogP contribution >= 0.6 is 0 Å². The molecule has 23 heavy (non-hydrogen) atoms. The molecule has 1 atom stereocenters. The molecular formula is C18H25N3O2. The van der Waals surface area contributed by atoms with E-state index in [9.17, 15) is 9.59 Å². The summed E-state index contributed by atoms with van der Waals surface area (Å²) >= 11 is 0. The Morgan fingerprint density at radius 3 is 2.70 bits per heavy atom. The number of nitrogens with zero attached hydrogens (tertiary/aromatic N) is 1. The third-order valence-corrected chi connectivity index (χ3v) is 4.81. The minimum absolute atomic E-state index is 0.0123. The second-order valence-electron chi connectivity index (χ2n) is 6.53. The molecule has 0 saturated carbocycles. The van der Waals surface area contributed by atoms with Crippen LogP contribution in [0.4, 0.5) is 5.69 Å². The van der Waals surface area contributed by atoms with Gasteiger partial charge in [0.25, 0.3) is 5.91 Å². The molecule has 2 amide bonds. The van der Waals surface area contributed by atoms with Crippen molar-refractivity contribution in [2.24, 2.45) is 5.92 Å². The number of aryl methyl sites for hydroxylation is 1. The van der Waals surface area contributed by atoms with Crippen LogP contribution in [-0.2, 0) is 4.79 Å². The first-order valence-corrected chi connectivity index (χ1v) is 8.57. The van der Waals surface area contributed by atoms with Crippen LogP contribution in [0.5, 0.6) is 0 Å². The molecule has 1 unspecified atom stereocenters. The van der Waals surface area contributed by atoms with Crippen molar-refractivity contribution in [1.29, 1.82) is 0 Å². The summed E-state index contributed by atoms with van der Waals surface area (Å²) in [6, 6.07) is 5.66. The van der Waals surface area contributed by atoms with Crippen molar-refractivity contribution in [2.45, 2.75) is 32.6 Å². The van der Waals surface area contributed by atoms with Crippen LogP contribution in [-0.4, -0.2) is 42.9 Å². The lowest BCUT2D eigenvalue weighted by Gasteiger charge is -2.24. The van der Waals surface area contributed by atoms with E-state index in [1.54, 1.807) is 0 Å². The lowest BCUT2D eigenvalue weighted by atomic mass is 9.98. The van der Waals surface area contributed by atoms with Crippen LogP contribution in [0.25, 0.3) is 0 Å². The van der Waals surface area contributed by atoms with Crippen LogP contribution in [0.15, 0.2) is 18.2 Å². The number of amides is 2. The smallest absolute Gasteiger partial charge is 0.256 e. The van der Waals surface area contributed by atoms with Gasteiger partial charge in [0, 0.05) is 19.6 Å². The van der Waals surface area contributed by atoms with E-state index in [0.29, 0.717) is 17.8 Å². The zero-order chi connectivity index (χ0) is 16.2. The topological polar surface area (TPSA) is 61.4 Å². The molecule has 2 N–H and O–H groups in total. The first kappa shape index (κ1) is 16.0. The lowest BCUT2D eigenvalue weighted by Crippen LogP contribution is -2.37. The van der Waals surface area contributed by atoms with Gasteiger partial charge in [-0.1, -0.05) is 12.1 Å². The van der Waals surface area contributed by atoms with E-state index >= 15 is 0 Å². The van der Waals surface area contributed by atoms with Gasteiger partial charge in [-0.15, -0.1) is 0 Å². The Kier molecular flexibility index (Phi) is 4.96. The van der Waals surface area contributed by atoms with E-state index in [1.807, 2.05) is 30.0 Å². The van der Waals surface area contributed by atoms with Gasteiger partial charge in [-0.2, -0.15) is 0 Å². The molecule has 0 radical (unpaired) electrons. The SMILES string of the molecule is Cc1cccc(NC(=O)C2CCCNC2)c1C(=O)N1CCCC1. The van der Waals surface area contributed by atoms with Crippen molar-refractivity contribution in [1.82, 2.24) is 10.2 Å². The van der Waals surface area contributed by atoms with Crippen LogP contribution in [0.3, 0.4) is 0 Å². The fraction of sp³-hybridized carbons (Fsp3) is 0.556. The Balaban J connectivity index is 1.79. The predicted octanol–water partition coefficient (Wildman–Crippen LogP) is 2.17. The van der Waals surface area contributed by atoms with Gasteiger partial charge < -0.3 is 15.5 Å².